The van der Waals surface area contributed by atoms with Crippen molar-refractivity contribution in [2.75, 3.05) is 5.32 Å². The van der Waals surface area contributed by atoms with E-state index in [0.717, 1.165) is 5.39 Å². The highest BCUT2D eigenvalue weighted by atomic mass is 35.5. The van der Waals surface area contributed by atoms with Gasteiger partial charge in [-0.25, -0.2) is 4.98 Å². The second kappa shape index (κ2) is 5.46. The predicted molar refractivity (Wildman–Crippen MR) is 78.9 cm³/mol. The summed E-state index contributed by atoms with van der Waals surface area (Å²) in [4.78, 5) is 19.8. The van der Waals surface area contributed by atoms with Crippen LogP contribution in [0.3, 0.4) is 0 Å². The van der Waals surface area contributed by atoms with Crippen LogP contribution in [-0.4, -0.2) is 15.9 Å². The highest BCUT2D eigenvalue weighted by Crippen LogP contribution is 2.26. The van der Waals surface area contributed by atoms with Crippen LogP contribution in [0.5, 0.6) is 0 Å². The molecule has 0 bridgehead atoms. The molecule has 4 nitrogen and oxygen atoms in total. The van der Waals surface area contributed by atoms with Crippen molar-refractivity contribution in [3.63, 3.8) is 0 Å². The number of rotatable bonds is 2. The summed E-state index contributed by atoms with van der Waals surface area (Å²) in [7, 11) is 0. The SMILES string of the molecule is O=C(Nc1cc(Cl)cc2cccnc12)c1cccnc1F. The third kappa shape index (κ3) is 2.68. The monoisotopic (exact) mass is 301 g/mol. The number of carbonyl (C=O) groups excluding carboxylic acids is 1. The van der Waals surface area contributed by atoms with Crippen molar-refractivity contribution >= 4 is 34.1 Å². The molecule has 0 radical (unpaired) electrons. The maximum absolute atomic E-state index is 13.5. The molecule has 2 heterocycles. The summed E-state index contributed by atoms with van der Waals surface area (Å²) in [5.41, 5.74) is 0.868. The van der Waals surface area contributed by atoms with Crippen molar-refractivity contribution in [2.45, 2.75) is 0 Å². The lowest BCUT2D eigenvalue weighted by atomic mass is 10.2. The molecule has 0 saturated heterocycles. The summed E-state index contributed by atoms with van der Waals surface area (Å²) in [5.74, 6) is -1.43. The fourth-order valence-electron chi connectivity index (χ4n) is 2.00. The Kier molecular flexibility index (Phi) is 3.50. The average molecular weight is 302 g/mol. The first kappa shape index (κ1) is 13.5. The van der Waals surface area contributed by atoms with Gasteiger partial charge in [-0.2, -0.15) is 4.39 Å². The van der Waals surface area contributed by atoms with E-state index in [9.17, 15) is 9.18 Å². The molecule has 0 aliphatic carbocycles. The number of nitrogens with zero attached hydrogens (tertiary/aromatic N) is 2. The van der Waals surface area contributed by atoms with E-state index in [1.165, 1.54) is 18.3 Å². The molecule has 0 aliphatic rings. The predicted octanol–water partition coefficient (Wildman–Crippen LogP) is 3.67. The summed E-state index contributed by atoms with van der Waals surface area (Å²) in [6, 6.07) is 9.76. The molecule has 0 aliphatic heterocycles. The second-order valence-electron chi connectivity index (χ2n) is 4.32. The van der Waals surface area contributed by atoms with Crippen LogP contribution >= 0.6 is 11.6 Å². The van der Waals surface area contributed by atoms with Gasteiger partial charge in [0.1, 0.15) is 0 Å². The minimum absolute atomic E-state index is 0.137. The number of halogens is 2. The molecule has 0 unspecified atom stereocenters. The number of benzene rings is 1. The average Bonchev–Trinajstić information content (AvgIpc) is 2.47. The van der Waals surface area contributed by atoms with Crippen molar-refractivity contribution in [3.05, 3.63) is 65.3 Å². The Labute approximate surface area is 124 Å². The number of anilines is 1. The van der Waals surface area contributed by atoms with E-state index in [0.29, 0.717) is 16.2 Å². The summed E-state index contributed by atoms with van der Waals surface area (Å²) in [6.07, 6.45) is 2.89. The Morgan fingerprint density at radius 2 is 1.90 bits per heavy atom. The van der Waals surface area contributed by atoms with Crippen LogP contribution in [0.4, 0.5) is 10.1 Å². The number of carbonyl (C=O) groups is 1. The van der Waals surface area contributed by atoms with Gasteiger partial charge in [0.25, 0.3) is 5.91 Å². The Hall–Kier alpha value is -2.53. The number of pyridine rings is 2. The van der Waals surface area contributed by atoms with E-state index in [4.69, 9.17) is 11.6 Å². The lowest BCUT2D eigenvalue weighted by Gasteiger charge is -2.09. The molecule has 0 saturated carbocycles. The van der Waals surface area contributed by atoms with Crippen molar-refractivity contribution in [2.24, 2.45) is 0 Å². The maximum Gasteiger partial charge on any atom is 0.260 e. The fourth-order valence-corrected chi connectivity index (χ4v) is 2.22. The fraction of sp³-hybridized carbons (Fsp3) is 0. The van der Waals surface area contributed by atoms with Crippen molar-refractivity contribution in [1.29, 1.82) is 0 Å². The van der Waals surface area contributed by atoms with E-state index in [1.54, 1.807) is 24.4 Å². The zero-order chi connectivity index (χ0) is 14.8. The molecule has 2 aromatic heterocycles. The van der Waals surface area contributed by atoms with Crippen LogP contribution < -0.4 is 5.32 Å². The first-order valence-electron chi connectivity index (χ1n) is 6.11. The van der Waals surface area contributed by atoms with Crippen LogP contribution in [0.15, 0.2) is 48.8 Å². The van der Waals surface area contributed by atoms with Crippen LogP contribution in [0.1, 0.15) is 10.4 Å². The molecular formula is C15H9ClFN3O. The Morgan fingerprint density at radius 1 is 1.14 bits per heavy atom. The van der Waals surface area contributed by atoms with E-state index in [2.05, 4.69) is 15.3 Å². The van der Waals surface area contributed by atoms with E-state index < -0.39 is 11.9 Å². The third-order valence-electron chi connectivity index (χ3n) is 2.92. The van der Waals surface area contributed by atoms with Gasteiger partial charge in [0.05, 0.1) is 16.8 Å². The zero-order valence-corrected chi connectivity index (χ0v) is 11.4. The molecular weight excluding hydrogens is 293 g/mol. The standard InChI is InChI=1S/C15H9ClFN3O/c16-10-7-9-3-1-5-18-13(9)12(8-10)20-15(21)11-4-2-6-19-14(11)17/h1-8H,(H,20,21). The molecule has 1 amide bonds. The van der Waals surface area contributed by atoms with Gasteiger partial charge < -0.3 is 5.32 Å². The van der Waals surface area contributed by atoms with Crippen molar-refractivity contribution in [3.8, 4) is 0 Å². The molecule has 0 spiro atoms. The molecule has 104 valence electrons. The smallest absolute Gasteiger partial charge is 0.260 e. The molecule has 3 rings (SSSR count). The van der Waals surface area contributed by atoms with E-state index in [-0.39, 0.29) is 5.56 Å². The van der Waals surface area contributed by atoms with Crippen LogP contribution in [-0.2, 0) is 0 Å². The molecule has 21 heavy (non-hydrogen) atoms. The number of fused-ring (bicyclic) bond motifs is 1. The summed E-state index contributed by atoms with van der Waals surface area (Å²) in [5, 5.41) is 3.86. The Bertz CT molecular complexity index is 838. The van der Waals surface area contributed by atoms with Crippen LogP contribution in [0.2, 0.25) is 5.02 Å². The minimum atomic E-state index is -0.825. The van der Waals surface area contributed by atoms with Gasteiger partial charge >= 0.3 is 0 Å². The topological polar surface area (TPSA) is 54.9 Å². The lowest BCUT2D eigenvalue weighted by Crippen LogP contribution is -2.14. The first-order valence-corrected chi connectivity index (χ1v) is 6.49. The maximum atomic E-state index is 13.5. The lowest BCUT2D eigenvalue weighted by molar-refractivity contribution is 0.102. The molecule has 3 aromatic rings. The Morgan fingerprint density at radius 3 is 2.71 bits per heavy atom. The molecule has 0 fully saturated rings. The summed E-state index contributed by atoms with van der Waals surface area (Å²) in [6.45, 7) is 0. The van der Waals surface area contributed by atoms with Gasteiger partial charge in [-0.15, -0.1) is 0 Å². The Balaban J connectivity index is 2.02. The van der Waals surface area contributed by atoms with Gasteiger partial charge in [0.15, 0.2) is 0 Å². The molecule has 6 heteroatoms. The molecule has 1 N–H and O–H groups in total. The van der Waals surface area contributed by atoms with Crippen molar-refractivity contribution < 1.29 is 9.18 Å². The molecule has 1 aromatic carbocycles. The highest BCUT2D eigenvalue weighted by molar-refractivity contribution is 6.32. The van der Waals surface area contributed by atoms with Gasteiger partial charge in [0, 0.05) is 22.8 Å². The minimum Gasteiger partial charge on any atom is -0.320 e. The van der Waals surface area contributed by atoms with E-state index >= 15 is 0 Å². The van der Waals surface area contributed by atoms with Gasteiger partial charge in [0.2, 0.25) is 5.95 Å². The van der Waals surface area contributed by atoms with Gasteiger partial charge in [-0.05, 0) is 30.3 Å². The quantitative estimate of drug-likeness (QED) is 0.735. The van der Waals surface area contributed by atoms with Gasteiger partial charge in [-0.3, -0.25) is 9.78 Å². The molecule has 0 atom stereocenters. The summed E-state index contributed by atoms with van der Waals surface area (Å²) < 4.78 is 13.5. The van der Waals surface area contributed by atoms with Crippen LogP contribution in [0.25, 0.3) is 10.9 Å². The first-order chi connectivity index (χ1) is 10.1. The normalized spacial score (nSPS) is 10.6. The van der Waals surface area contributed by atoms with Crippen LogP contribution in [0, 0.1) is 5.95 Å². The number of aromatic nitrogens is 2. The van der Waals surface area contributed by atoms with Gasteiger partial charge in [-0.1, -0.05) is 17.7 Å². The zero-order valence-electron chi connectivity index (χ0n) is 10.7. The number of hydrogen-bond donors (Lipinski definition) is 1. The highest BCUT2D eigenvalue weighted by Gasteiger charge is 2.14. The number of nitrogens with one attached hydrogen (secondary N) is 1. The van der Waals surface area contributed by atoms with E-state index in [1.807, 2.05) is 6.07 Å². The summed E-state index contributed by atoms with van der Waals surface area (Å²) >= 11 is 6.02. The largest absolute Gasteiger partial charge is 0.320 e. The number of hydrogen-bond acceptors (Lipinski definition) is 3. The number of amides is 1. The third-order valence-corrected chi connectivity index (χ3v) is 3.14. The second-order valence-corrected chi connectivity index (χ2v) is 4.76. The van der Waals surface area contributed by atoms with Crippen molar-refractivity contribution in [1.82, 2.24) is 9.97 Å².